The van der Waals surface area contributed by atoms with E-state index in [0.717, 1.165) is 17.7 Å². The largest absolute Gasteiger partial charge is 0.378 e. The topological polar surface area (TPSA) is 85.6 Å². The number of amides is 1. The smallest absolute Gasteiger partial charge is 0.251 e. The van der Waals surface area contributed by atoms with Gasteiger partial charge in [0.2, 0.25) is 0 Å². The van der Waals surface area contributed by atoms with Gasteiger partial charge in [0, 0.05) is 37.9 Å². The molecule has 6 nitrogen and oxygen atoms in total. The zero-order chi connectivity index (χ0) is 14.6. The summed E-state index contributed by atoms with van der Waals surface area (Å²) in [5.74, 6) is 5.22. The van der Waals surface area contributed by atoms with Crippen molar-refractivity contribution in [2.75, 3.05) is 32.3 Å². The average molecular weight is 279 g/mol. The number of rotatable bonds is 5. The molecule has 1 heterocycles. The number of anilines is 1. The Balaban J connectivity index is 2.01. The average Bonchev–Trinajstić information content (AvgIpc) is 2.94. The van der Waals surface area contributed by atoms with Crippen LogP contribution in [-0.4, -0.2) is 38.4 Å². The number of hydrogen-bond donors (Lipinski definition) is 3. The maximum atomic E-state index is 12.2. The normalized spacial score (nSPS) is 21.8. The molecule has 0 saturated carbocycles. The van der Waals surface area contributed by atoms with Crippen LogP contribution in [0.4, 0.5) is 5.69 Å². The lowest BCUT2D eigenvalue weighted by atomic mass is 10.0. The highest BCUT2D eigenvalue weighted by Crippen LogP contribution is 2.22. The molecule has 0 bridgehead atoms. The highest BCUT2D eigenvalue weighted by Gasteiger charge is 2.35. The van der Waals surface area contributed by atoms with E-state index in [9.17, 15) is 4.79 Å². The van der Waals surface area contributed by atoms with Crippen LogP contribution in [0.15, 0.2) is 18.2 Å². The Labute approximate surface area is 118 Å². The predicted octanol–water partition coefficient (Wildman–Crippen LogP) is 0.816. The van der Waals surface area contributed by atoms with Gasteiger partial charge in [0.25, 0.3) is 5.91 Å². The lowest BCUT2D eigenvalue weighted by Crippen LogP contribution is -2.45. The van der Waals surface area contributed by atoms with Gasteiger partial charge in [0.15, 0.2) is 0 Å². The highest BCUT2D eigenvalue weighted by molar-refractivity contribution is 5.96. The fourth-order valence-electron chi connectivity index (χ4n) is 2.31. The molecule has 4 N–H and O–H groups in total. The molecule has 110 valence electrons. The highest BCUT2D eigenvalue weighted by atomic mass is 16.5. The number of carbonyl (C=O) groups is 1. The summed E-state index contributed by atoms with van der Waals surface area (Å²) in [7, 11) is 1.65. The molecule has 1 unspecified atom stereocenters. The zero-order valence-corrected chi connectivity index (χ0v) is 11.9. The number of hydrogen-bond acceptors (Lipinski definition) is 5. The van der Waals surface area contributed by atoms with Crippen LogP contribution in [0.1, 0.15) is 22.3 Å². The van der Waals surface area contributed by atoms with Crippen molar-refractivity contribution < 1.29 is 14.3 Å². The molecule has 1 saturated heterocycles. The van der Waals surface area contributed by atoms with E-state index in [0.29, 0.717) is 25.3 Å². The molecular formula is C14H21N3O3. The van der Waals surface area contributed by atoms with Crippen LogP contribution in [0.5, 0.6) is 0 Å². The second-order valence-electron chi connectivity index (χ2n) is 5.05. The summed E-state index contributed by atoms with van der Waals surface area (Å²) in [5.41, 5.74) is 4.43. The van der Waals surface area contributed by atoms with Crippen LogP contribution < -0.4 is 16.6 Å². The van der Waals surface area contributed by atoms with Gasteiger partial charge in [-0.2, -0.15) is 0 Å². The van der Waals surface area contributed by atoms with E-state index < -0.39 is 5.60 Å². The number of ether oxygens (including phenoxy) is 2. The second-order valence-corrected chi connectivity index (χ2v) is 5.05. The van der Waals surface area contributed by atoms with E-state index in [4.69, 9.17) is 15.3 Å². The first-order valence-electron chi connectivity index (χ1n) is 6.58. The molecule has 1 aromatic carbocycles. The lowest BCUT2D eigenvalue weighted by molar-refractivity contribution is -0.0148. The Morgan fingerprint density at radius 2 is 2.35 bits per heavy atom. The third-order valence-electron chi connectivity index (χ3n) is 3.71. The van der Waals surface area contributed by atoms with Gasteiger partial charge in [-0.25, -0.2) is 0 Å². The van der Waals surface area contributed by atoms with Gasteiger partial charge in [-0.15, -0.1) is 0 Å². The SMILES string of the molecule is COC1(CNC(=O)c2ccc(NN)cc2C)CCOC1. The van der Waals surface area contributed by atoms with Crippen LogP contribution in [0.25, 0.3) is 0 Å². The number of nitrogens with one attached hydrogen (secondary N) is 2. The Hall–Kier alpha value is -1.63. The van der Waals surface area contributed by atoms with Crippen molar-refractivity contribution in [3.63, 3.8) is 0 Å². The van der Waals surface area contributed by atoms with Crippen molar-refractivity contribution in [1.29, 1.82) is 0 Å². The monoisotopic (exact) mass is 279 g/mol. The van der Waals surface area contributed by atoms with Gasteiger partial charge < -0.3 is 20.2 Å². The van der Waals surface area contributed by atoms with Gasteiger partial charge in [0.05, 0.1) is 6.61 Å². The standard InChI is InChI=1S/C14H21N3O3/c1-10-7-11(17-15)3-4-12(10)13(18)16-8-14(19-2)5-6-20-9-14/h3-4,7,17H,5-6,8-9,15H2,1-2H3,(H,16,18). The van der Waals surface area contributed by atoms with E-state index in [-0.39, 0.29) is 5.91 Å². The Kier molecular flexibility index (Phi) is 4.59. The van der Waals surface area contributed by atoms with E-state index >= 15 is 0 Å². The molecule has 0 aliphatic carbocycles. The van der Waals surface area contributed by atoms with Gasteiger partial charge in [0.1, 0.15) is 5.60 Å². The Morgan fingerprint density at radius 3 is 2.90 bits per heavy atom. The summed E-state index contributed by atoms with van der Waals surface area (Å²) in [6.45, 7) is 3.50. The molecule has 0 aromatic heterocycles. The minimum Gasteiger partial charge on any atom is -0.378 e. The summed E-state index contributed by atoms with van der Waals surface area (Å²) in [5, 5.41) is 2.92. The third-order valence-corrected chi connectivity index (χ3v) is 3.71. The maximum Gasteiger partial charge on any atom is 0.251 e. The Bertz CT molecular complexity index is 485. The molecule has 1 aliphatic heterocycles. The molecule has 1 aliphatic rings. The van der Waals surface area contributed by atoms with E-state index in [1.807, 2.05) is 13.0 Å². The number of nitrogen functional groups attached to an aromatic ring is 1. The zero-order valence-electron chi connectivity index (χ0n) is 11.9. The minimum atomic E-state index is -0.400. The molecule has 1 fully saturated rings. The fraction of sp³-hybridized carbons (Fsp3) is 0.500. The van der Waals surface area contributed by atoms with Crippen LogP contribution in [0, 0.1) is 6.92 Å². The van der Waals surface area contributed by atoms with Crippen molar-refractivity contribution in [2.24, 2.45) is 5.84 Å². The molecule has 0 radical (unpaired) electrons. The number of methoxy groups -OCH3 is 1. The van der Waals surface area contributed by atoms with Gasteiger partial charge in [-0.3, -0.25) is 10.6 Å². The van der Waals surface area contributed by atoms with Crippen LogP contribution in [0.2, 0.25) is 0 Å². The van der Waals surface area contributed by atoms with Crippen molar-refractivity contribution in [2.45, 2.75) is 18.9 Å². The van der Waals surface area contributed by atoms with Gasteiger partial charge in [-0.05, 0) is 30.7 Å². The molecule has 1 atom stereocenters. The number of carbonyl (C=O) groups excluding carboxylic acids is 1. The first-order chi connectivity index (χ1) is 9.60. The van der Waals surface area contributed by atoms with Crippen LogP contribution >= 0.6 is 0 Å². The summed E-state index contributed by atoms with van der Waals surface area (Å²) < 4.78 is 10.8. The Morgan fingerprint density at radius 1 is 1.55 bits per heavy atom. The van der Waals surface area contributed by atoms with Crippen LogP contribution in [0.3, 0.4) is 0 Å². The summed E-state index contributed by atoms with van der Waals surface area (Å²) >= 11 is 0. The van der Waals surface area contributed by atoms with E-state index in [2.05, 4.69) is 10.7 Å². The van der Waals surface area contributed by atoms with E-state index in [1.165, 1.54) is 0 Å². The molecule has 1 amide bonds. The second kappa shape index (κ2) is 6.21. The van der Waals surface area contributed by atoms with Crippen molar-refractivity contribution >= 4 is 11.6 Å². The first-order valence-corrected chi connectivity index (χ1v) is 6.58. The molecule has 6 heteroatoms. The molecule has 2 rings (SSSR count). The molecule has 20 heavy (non-hydrogen) atoms. The maximum absolute atomic E-state index is 12.2. The van der Waals surface area contributed by atoms with E-state index in [1.54, 1.807) is 19.2 Å². The number of benzene rings is 1. The fourth-order valence-corrected chi connectivity index (χ4v) is 2.31. The number of nitrogens with two attached hydrogens (primary N) is 1. The van der Waals surface area contributed by atoms with Crippen molar-refractivity contribution in [1.82, 2.24) is 5.32 Å². The van der Waals surface area contributed by atoms with Crippen LogP contribution in [-0.2, 0) is 9.47 Å². The van der Waals surface area contributed by atoms with Gasteiger partial charge >= 0.3 is 0 Å². The lowest BCUT2D eigenvalue weighted by Gasteiger charge is -2.26. The molecule has 1 aromatic rings. The minimum absolute atomic E-state index is 0.116. The van der Waals surface area contributed by atoms with Crippen molar-refractivity contribution in [3.05, 3.63) is 29.3 Å². The summed E-state index contributed by atoms with van der Waals surface area (Å²) in [6.07, 6.45) is 0.790. The number of aryl methyl sites for hydroxylation is 1. The van der Waals surface area contributed by atoms with Gasteiger partial charge in [-0.1, -0.05) is 0 Å². The predicted molar refractivity (Wildman–Crippen MR) is 76.5 cm³/mol. The quantitative estimate of drug-likeness (QED) is 0.549. The first kappa shape index (κ1) is 14.8. The molecule has 0 spiro atoms. The molecular weight excluding hydrogens is 258 g/mol. The summed E-state index contributed by atoms with van der Waals surface area (Å²) in [6, 6.07) is 5.36. The summed E-state index contributed by atoms with van der Waals surface area (Å²) in [4.78, 5) is 12.2. The van der Waals surface area contributed by atoms with Crippen molar-refractivity contribution in [3.8, 4) is 0 Å². The number of hydrazine groups is 1. The third kappa shape index (κ3) is 3.09.